The van der Waals surface area contributed by atoms with Crippen molar-refractivity contribution in [3.8, 4) is 0 Å². The van der Waals surface area contributed by atoms with E-state index >= 15 is 0 Å². The van der Waals surface area contributed by atoms with Crippen LogP contribution in [0.1, 0.15) is 36.7 Å². The highest BCUT2D eigenvalue weighted by Gasteiger charge is 2.20. The predicted molar refractivity (Wildman–Crippen MR) is 94.3 cm³/mol. The Morgan fingerprint density at radius 3 is 2.20 bits per heavy atom. The van der Waals surface area contributed by atoms with Crippen molar-refractivity contribution in [2.75, 3.05) is 0 Å². The Labute approximate surface area is 151 Å². The van der Waals surface area contributed by atoms with Gasteiger partial charge < -0.3 is 0 Å². The normalized spacial score (nSPS) is 12.0. The van der Waals surface area contributed by atoms with Crippen LogP contribution in [0.5, 0.6) is 0 Å². The molecule has 0 fully saturated rings. The van der Waals surface area contributed by atoms with E-state index in [-0.39, 0.29) is 16.0 Å². The average molecular weight is 385 g/mol. The van der Waals surface area contributed by atoms with Gasteiger partial charge in [-0.1, -0.05) is 44.5 Å². The van der Waals surface area contributed by atoms with Crippen molar-refractivity contribution < 1.29 is 17.6 Å². The molecule has 2 N–H and O–H groups in total. The number of halogens is 2. The zero-order chi connectivity index (χ0) is 18.8. The Morgan fingerprint density at radius 2 is 1.68 bits per heavy atom. The number of rotatable bonds is 4. The van der Waals surface area contributed by atoms with Gasteiger partial charge in [0.1, 0.15) is 10.7 Å². The third-order valence-corrected chi connectivity index (χ3v) is 5.01. The van der Waals surface area contributed by atoms with Crippen LogP contribution in [0, 0.1) is 5.82 Å². The van der Waals surface area contributed by atoms with Crippen LogP contribution in [0.2, 0.25) is 5.02 Å². The van der Waals surface area contributed by atoms with Crippen LogP contribution < -0.4 is 10.3 Å². The Hall–Kier alpha value is -1.96. The number of hydrogen-bond donors (Lipinski definition) is 2. The van der Waals surface area contributed by atoms with E-state index in [1.807, 2.05) is 25.6 Å². The Bertz CT molecular complexity index is 891. The lowest BCUT2D eigenvalue weighted by Gasteiger charge is -2.19. The first-order valence-electron chi connectivity index (χ1n) is 7.38. The molecule has 0 heterocycles. The van der Waals surface area contributed by atoms with Gasteiger partial charge in [-0.05, 0) is 41.3 Å². The van der Waals surface area contributed by atoms with E-state index in [9.17, 15) is 17.6 Å². The summed E-state index contributed by atoms with van der Waals surface area (Å²) in [5.41, 5.74) is 3.30. The lowest BCUT2D eigenvalue weighted by atomic mass is 9.87. The van der Waals surface area contributed by atoms with E-state index in [1.54, 1.807) is 24.3 Å². The number of nitrogens with one attached hydrogen (secondary N) is 2. The SMILES string of the molecule is CC(C)(C)c1ccc(C(=O)NNS(=O)(=O)c2ccc(Cl)cc2F)cc1. The standard InChI is InChI=1S/C17H18ClFN2O3S/c1-17(2,3)12-6-4-11(5-7-12)16(22)20-21-25(23,24)15-9-8-13(18)10-14(15)19/h4-10,21H,1-3H3,(H,20,22). The second-order valence-electron chi connectivity index (χ2n) is 6.46. The molecule has 0 aliphatic rings. The van der Waals surface area contributed by atoms with Crippen molar-refractivity contribution in [3.63, 3.8) is 0 Å². The van der Waals surface area contributed by atoms with Crippen molar-refractivity contribution >= 4 is 27.5 Å². The van der Waals surface area contributed by atoms with E-state index < -0.39 is 26.6 Å². The second-order valence-corrected chi connectivity index (χ2v) is 8.55. The van der Waals surface area contributed by atoms with E-state index in [1.165, 1.54) is 6.07 Å². The molecule has 0 unspecified atom stereocenters. The first kappa shape index (κ1) is 19.4. The number of carbonyl (C=O) groups is 1. The summed E-state index contributed by atoms with van der Waals surface area (Å²) in [7, 11) is -4.26. The van der Waals surface area contributed by atoms with Crippen LogP contribution in [0.3, 0.4) is 0 Å². The molecule has 2 aromatic carbocycles. The maximum Gasteiger partial charge on any atom is 0.266 e. The lowest BCUT2D eigenvalue weighted by Crippen LogP contribution is -2.41. The fourth-order valence-electron chi connectivity index (χ4n) is 2.06. The van der Waals surface area contributed by atoms with Gasteiger partial charge in [0.25, 0.3) is 15.9 Å². The quantitative estimate of drug-likeness (QED) is 0.793. The predicted octanol–water partition coefficient (Wildman–Crippen LogP) is 3.40. The Balaban J connectivity index is 2.11. The molecular weight excluding hydrogens is 367 g/mol. The minimum atomic E-state index is -4.26. The zero-order valence-corrected chi connectivity index (χ0v) is 15.5. The molecule has 0 radical (unpaired) electrons. The summed E-state index contributed by atoms with van der Waals surface area (Å²) in [5.74, 6) is -1.66. The van der Waals surface area contributed by atoms with Crippen LogP contribution in [0.15, 0.2) is 47.4 Å². The molecule has 0 saturated carbocycles. The van der Waals surface area contributed by atoms with E-state index in [0.29, 0.717) is 0 Å². The maximum absolute atomic E-state index is 13.7. The average Bonchev–Trinajstić information content (AvgIpc) is 2.51. The minimum Gasteiger partial charge on any atom is -0.273 e. The molecule has 0 atom stereocenters. The van der Waals surface area contributed by atoms with Crippen LogP contribution in [-0.4, -0.2) is 14.3 Å². The molecule has 0 aromatic heterocycles. The minimum absolute atomic E-state index is 0.0668. The first-order valence-corrected chi connectivity index (χ1v) is 9.24. The van der Waals surface area contributed by atoms with Gasteiger partial charge in [-0.3, -0.25) is 10.2 Å². The second kappa shape index (κ2) is 7.11. The van der Waals surface area contributed by atoms with Crippen molar-refractivity contribution in [2.24, 2.45) is 0 Å². The Morgan fingerprint density at radius 1 is 1.08 bits per heavy atom. The zero-order valence-electron chi connectivity index (χ0n) is 13.9. The molecule has 5 nitrogen and oxygen atoms in total. The van der Waals surface area contributed by atoms with Gasteiger partial charge >= 0.3 is 0 Å². The number of hydrazine groups is 1. The van der Waals surface area contributed by atoms with Gasteiger partial charge in [-0.25, -0.2) is 12.8 Å². The smallest absolute Gasteiger partial charge is 0.266 e. The highest BCUT2D eigenvalue weighted by molar-refractivity contribution is 7.89. The van der Waals surface area contributed by atoms with Gasteiger partial charge in [-0.2, -0.15) is 0 Å². The van der Waals surface area contributed by atoms with E-state index in [4.69, 9.17) is 11.6 Å². The fourth-order valence-corrected chi connectivity index (χ4v) is 3.11. The molecule has 134 valence electrons. The van der Waals surface area contributed by atoms with Gasteiger partial charge in [-0.15, -0.1) is 4.83 Å². The molecular formula is C17H18ClFN2O3S. The summed E-state index contributed by atoms with van der Waals surface area (Å²) in [6.07, 6.45) is 0. The summed E-state index contributed by atoms with van der Waals surface area (Å²) < 4.78 is 37.9. The molecule has 25 heavy (non-hydrogen) atoms. The van der Waals surface area contributed by atoms with Crippen LogP contribution in [0.4, 0.5) is 4.39 Å². The van der Waals surface area contributed by atoms with E-state index in [0.717, 1.165) is 17.7 Å². The van der Waals surface area contributed by atoms with Crippen molar-refractivity contribution in [1.82, 2.24) is 10.3 Å². The third kappa shape index (κ3) is 4.78. The largest absolute Gasteiger partial charge is 0.273 e. The summed E-state index contributed by atoms with van der Waals surface area (Å²) in [6, 6.07) is 9.91. The summed E-state index contributed by atoms with van der Waals surface area (Å²) in [6.45, 7) is 6.12. The number of amides is 1. The van der Waals surface area contributed by atoms with E-state index in [2.05, 4.69) is 5.43 Å². The maximum atomic E-state index is 13.7. The first-order chi connectivity index (χ1) is 11.5. The molecule has 0 aliphatic heterocycles. The molecule has 8 heteroatoms. The number of hydrogen-bond acceptors (Lipinski definition) is 3. The monoisotopic (exact) mass is 384 g/mol. The molecule has 1 amide bonds. The lowest BCUT2D eigenvalue weighted by molar-refractivity contribution is 0.0945. The van der Waals surface area contributed by atoms with Gasteiger partial charge in [0, 0.05) is 10.6 Å². The van der Waals surface area contributed by atoms with Crippen LogP contribution >= 0.6 is 11.6 Å². The number of sulfonamides is 1. The molecule has 2 rings (SSSR count). The summed E-state index contributed by atoms with van der Waals surface area (Å²) >= 11 is 5.59. The van der Waals surface area contributed by atoms with Gasteiger partial charge in [0.2, 0.25) is 0 Å². The highest BCUT2D eigenvalue weighted by atomic mass is 35.5. The third-order valence-electron chi connectivity index (χ3n) is 3.50. The van der Waals surface area contributed by atoms with Crippen molar-refractivity contribution in [3.05, 3.63) is 64.4 Å². The number of carbonyl (C=O) groups excluding carboxylic acids is 1. The van der Waals surface area contributed by atoms with Crippen LogP contribution in [0.25, 0.3) is 0 Å². The summed E-state index contributed by atoms with van der Waals surface area (Å²) in [4.78, 5) is 13.3. The van der Waals surface area contributed by atoms with Gasteiger partial charge in [0.15, 0.2) is 0 Å². The number of benzene rings is 2. The van der Waals surface area contributed by atoms with Crippen LogP contribution in [-0.2, 0) is 15.4 Å². The van der Waals surface area contributed by atoms with Crippen molar-refractivity contribution in [1.29, 1.82) is 0 Å². The molecule has 2 aromatic rings. The fraction of sp³-hybridized carbons (Fsp3) is 0.235. The topological polar surface area (TPSA) is 75.3 Å². The van der Waals surface area contributed by atoms with Gasteiger partial charge in [0.05, 0.1) is 0 Å². The molecule has 0 spiro atoms. The van der Waals surface area contributed by atoms with Crippen molar-refractivity contribution in [2.45, 2.75) is 31.1 Å². The molecule has 0 bridgehead atoms. The molecule has 0 saturated heterocycles. The highest BCUT2D eigenvalue weighted by Crippen LogP contribution is 2.22. The molecule has 0 aliphatic carbocycles. The summed E-state index contributed by atoms with van der Waals surface area (Å²) in [5, 5.41) is 0.0689. The Kier molecular flexibility index (Phi) is 5.51.